The zero-order valence-corrected chi connectivity index (χ0v) is 18.2. The lowest BCUT2D eigenvalue weighted by molar-refractivity contribution is -0.131. The van der Waals surface area contributed by atoms with Crippen LogP contribution >= 0.6 is 0 Å². The van der Waals surface area contributed by atoms with Crippen LogP contribution < -0.4 is 10.6 Å². The second-order valence-corrected chi connectivity index (χ2v) is 7.79. The molecule has 0 bridgehead atoms. The average Bonchev–Trinajstić information content (AvgIpc) is 3.46. The predicted octanol–water partition coefficient (Wildman–Crippen LogP) is 2.62. The lowest BCUT2D eigenvalue weighted by Gasteiger charge is -2.19. The first kappa shape index (κ1) is 22.8. The molecule has 9 heteroatoms. The number of ether oxygens (including phenoxy) is 1. The van der Waals surface area contributed by atoms with E-state index in [-0.39, 0.29) is 25.5 Å². The van der Waals surface area contributed by atoms with E-state index in [1.165, 1.54) is 12.4 Å². The van der Waals surface area contributed by atoms with Gasteiger partial charge >= 0.3 is 12.1 Å². The van der Waals surface area contributed by atoms with Crippen molar-refractivity contribution in [2.45, 2.75) is 18.4 Å². The van der Waals surface area contributed by atoms with Gasteiger partial charge in [-0.2, -0.15) is 0 Å². The van der Waals surface area contributed by atoms with Gasteiger partial charge in [0.05, 0.1) is 6.33 Å². The fourth-order valence-electron chi connectivity index (χ4n) is 4.05. The highest BCUT2D eigenvalue weighted by Crippen LogP contribution is 2.44. The first-order valence-corrected chi connectivity index (χ1v) is 10.8. The summed E-state index contributed by atoms with van der Waals surface area (Å²) in [4.78, 5) is 42.7. The molecule has 0 fully saturated rings. The van der Waals surface area contributed by atoms with Crippen LogP contribution in [0.25, 0.3) is 11.1 Å². The number of nitrogens with zero attached hydrogens (tertiary/aromatic N) is 1. The van der Waals surface area contributed by atoms with Crippen LogP contribution in [0.3, 0.4) is 0 Å². The van der Waals surface area contributed by atoms with Gasteiger partial charge in [-0.1, -0.05) is 54.6 Å². The largest absolute Gasteiger partial charge is 0.478 e. The molecule has 34 heavy (non-hydrogen) atoms. The number of hydrogen-bond acceptors (Lipinski definition) is 5. The molecule has 4 rings (SSSR count). The molecular formula is C25H24N4O5. The molecule has 1 heterocycles. The fraction of sp³-hybridized carbons (Fsp3) is 0.200. The maximum atomic E-state index is 12.7. The SMILES string of the molecule is O=C(O)/C=C/CNC(=O)[C@@H](Cc1cnc[nH]1)NC(=O)OCC1c2ccccc2-c2ccccc21. The van der Waals surface area contributed by atoms with Crippen LogP contribution in [0.5, 0.6) is 0 Å². The molecule has 3 aromatic rings. The number of benzene rings is 2. The van der Waals surface area contributed by atoms with Gasteiger partial charge in [-0.05, 0) is 22.3 Å². The summed E-state index contributed by atoms with van der Waals surface area (Å²) in [5.41, 5.74) is 5.08. The minimum absolute atomic E-state index is 0.0109. The molecule has 1 aromatic heterocycles. The maximum absolute atomic E-state index is 12.7. The fourth-order valence-corrected chi connectivity index (χ4v) is 4.05. The number of carbonyl (C=O) groups excluding carboxylic acids is 2. The van der Waals surface area contributed by atoms with Gasteiger partial charge in [-0.15, -0.1) is 0 Å². The summed E-state index contributed by atoms with van der Waals surface area (Å²) in [5.74, 6) is -1.68. The molecule has 0 saturated heterocycles. The summed E-state index contributed by atoms with van der Waals surface area (Å²) in [6.45, 7) is 0.136. The Morgan fingerprint density at radius 2 is 1.76 bits per heavy atom. The molecule has 1 atom stereocenters. The van der Waals surface area contributed by atoms with Crippen molar-refractivity contribution < 1.29 is 24.2 Å². The topological polar surface area (TPSA) is 133 Å². The summed E-state index contributed by atoms with van der Waals surface area (Å²) >= 11 is 0. The number of aromatic nitrogens is 2. The summed E-state index contributed by atoms with van der Waals surface area (Å²) < 4.78 is 5.55. The summed E-state index contributed by atoms with van der Waals surface area (Å²) in [6, 6.07) is 15.1. The maximum Gasteiger partial charge on any atom is 0.407 e. The van der Waals surface area contributed by atoms with Gasteiger partial charge in [0.25, 0.3) is 0 Å². The highest BCUT2D eigenvalue weighted by atomic mass is 16.5. The van der Waals surface area contributed by atoms with E-state index in [0.717, 1.165) is 28.3 Å². The standard InChI is InChI=1S/C25H24N4O5/c30-23(31)10-5-11-27-24(32)22(12-16-13-26-15-28-16)29-25(33)34-14-21-19-8-3-1-6-17(19)18-7-2-4-9-20(18)21/h1-10,13,15,21-22H,11-12,14H2,(H,26,28)(H,27,32)(H,29,33)(H,30,31)/b10-5+/t22-/m1/s1. The van der Waals surface area contributed by atoms with Crippen molar-refractivity contribution in [3.63, 3.8) is 0 Å². The Morgan fingerprint density at radius 3 is 2.38 bits per heavy atom. The van der Waals surface area contributed by atoms with E-state index in [2.05, 4.69) is 32.7 Å². The Hall–Kier alpha value is -4.40. The third kappa shape index (κ3) is 5.32. The molecule has 4 N–H and O–H groups in total. The lowest BCUT2D eigenvalue weighted by Crippen LogP contribution is -2.48. The van der Waals surface area contributed by atoms with Crippen molar-refractivity contribution in [3.05, 3.63) is 90.0 Å². The second kappa shape index (κ2) is 10.5. The molecule has 0 saturated carbocycles. The highest BCUT2D eigenvalue weighted by molar-refractivity contribution is 5.86. The number of alkyl carbamates (subject to hydrolysis) is 1. The Labute approximate surface area is 195 Å². The van der Waals surface area contributed by atoms with Crippen LogP contribution in [0.1, 0.15) is 22.7 Å². The number of imidazole rings is 1. The molecular weight excluding hydrogens is 436 g/mol. The van der Waals surface area contributed by atoms with Crippen LogP contribution in [0, 0.1) is 0 Å². The lowest BCUT2D eigenvalue weighted by atomic mass is 9.98. The number of aromatic amines is 1. The molecule has 1 aliphatic rings. The molecule has 0 aliphatic heterocycles. The van der Waals surface area contributed by atoms with E-state index < -0.39 is 24.0 Å². The minimum Gasteiger partial charge on any atom is -0.478 e. The number of nitrogens with one attached hydrogen (secondary N) is 3. The number of carboxylic acid groups (broad SMARTS) is 1. The Bertz CT molecular complexity index is 1160. The van der Waals surface area contributed by atoms with Crippen molar-refractivity contribution in [1.82, 2.24) is 20.6 Å². The molecule has 2 amide bonds. The number of carbonyl (C=O) groups is 3. The van der Waals surface area contributed by atoms with Crippen molar-refractivity contribution >= 4 is 18.0 Å². The van der Waals surface area contributed by atoms with Gasteiger partial charge in [0.1, 0.15) is 12.6 Å². The van der Waals surface area contributed by atoms with E-state index in [4.69, 9.17) is 9.84 Å². The average molecular weight is 460 g/mol. The van der Waals surface area contributed by atoms with Gasteiger partial charge < -0.3 is 25.5 Å². The predicted molar refractivity (Wildman–Crippen MR) is 124 cm³/mol. The van der Waals surface area contributed by atoms with Crippen molar-refractivity contribution in [2.24, 2.45) is 0 Å². The molecule has 174 valence electrons. The van der Waals surface area contributed by atoms with Gasteiger partial charge in [0.2, 0.25) is 5.91 Å². The van der Waals surface area contributed by atoms with Crippen LogP contribution in [0.15, 0.2) is 73.2 Å². The van der Waals surface area contributed by atoms with E-state index in [9.17, 15) is 14.4 Å². The number of amides is 2. The third-order valence-electron chi connectivity index (χ3n) is 5.59. The van der Waals surface area contributed by atoms with Gasteiger partial charge in [0.15, 0.2) is 0 Å². The summed E-state index contributed by atoms with van der Waals surface area (Å²) in [5, 5.41) is 13.9. The highest BCUT2D eigenvalue weighted by Gasteiger charge is 2.30. The second-order valence-electron chi connectivity index (χ2n) is 7.79. The van der Waals surface area contributed by atoms with E-state index in [1.807, 2.05) is 36.4 Å². The van der Waals surface area contributed by atoms with E-state index >= 15 is 0 Å². The smallest absolute Gasteiger partial charge is 0.407 e. The quantitative estimate of drug-likeness (QED) is 0.363. The van der Waals surface area contributed by atoms with Crippen LogP contribution in [0.2, 0.25) is 0 Å². The van der Waals surface area contributed by atoms with Gasteiger partial charge in [-0.3, -0.25) is 4.79 Å². The van der Waals surface area contributed by atoms with Crippen LogP contribution in [0.4, 0.5) is 4.79 Å². The zero-order valence-electron chi connectivity index (χ0n) is 18.2. The normalized spacial score (nSPS) is 13.2. The monoisotopic (exact) mass is 460 g/mol. The van der Waals surface area contributed by atoms with Crippen molar-refractivity contribution in [1.29, 1.82) is 0 Å². The summed E-state index contributed by atoms with van der Waals surface area (Å²) in [6.07, 6.45) is 4.72. The van der Waals surface area contributed by atoms with Crippen molar-refractivity contribution in [3.8, 4) is 11.1 Å². The van der Waals surface area contributed by atoms with E-state index in [0.29, 0.717) is 5.69 Å². The number of rotatable bonds is 9. The Morgan fingerprint density at radius 1 is 1.09 bits per heavy atom. The molecule has 1 aliphatic carbocycles. The number of hydrogen-bond donors (Lipinski definition) is 4. The van der Waals surface area contributed by atoms with Gasteiger partial charge in [-0.25, -0.2) is 14.6 Å². The molecule has 2 aromatic carbocycles. The zero-order chi connectivity index (χ0) is 23.9. The van der Waals surface area contributed by atoms with E-state index in [1.54, 1.807) is 6.20 Å². The first-order chi connectivity index (χ1) is 16.5. The van der Waals surface area contributed by atoms with Gasteiger partial charge in [0, 0.05) is 36.9 Å². The third-order valence-corrected chi connectivity index (χ3v) is 5.59. The number of carboxylic acids is 1. The number of H-pyrrole nitrogens is 1. The molecule has 0 spiro atoms. The van der Waals surface area contributed by atoms with Crippen molar-refractivity contribution in [2.75, 3.05) is 13.2 Å². The Balaban J connectivity index is 1.40. The van der Waals surface area contributed by atoms with Crippen LogP contribution in [-0.4, -0.2) is 52.2 Å². The minimum atomic E-state index is -1.11. The Kier molecular flexibility index (Phi) is 7.02. The molecule has 0 radical (unpaired) electrons. The van der Waals surface area contributed by atoms with Crippen LogP contribution in [-0.2, 0) is 20.7 Å². The first-order valence-electron chi connectivity index (χ1n) is 10.8. The number of aliphatic carboxylic acids is 1. The molecule has 0 unspecified atom stereocenters. The number of fused-ring (bicyclic) bond motifs is 3. The molecule has 9 nitrogen and oxygen atoms in total. The summed E-state index contributed by atoms with van der Waals surface area (Å²) in [7, 11) is 0.